The third-order valence-corrected chi connectivity index (χ3v) is 2.84. The molecule has 1 aromatic carbocycles. The van der Waals surface area contributed by atoms with E-state index in [4.69, 9.17) is 0 Å². The number of Topliss-reactive ketones (excluding diaryl/α,β-unsaturated/α-hetero) is 1. The molecule has 0 fully saturated rings. The molecule has 0 spiro atoms. The fourth-order valence-corrected chi connectivity index (χ4v) is 1.72. The number of carbonyl (C=O) groups is 1. The molecule has 0 amide bonds. The van der Waals surface area contributed by atoms with Crippen molar-refractivity contribution in [1.29, 1.82) is 0 Å². The van der Waals surface area contributed by atoms with E-state index >= 15 is 0 Å². The SMILES string of the molecule is CC(NCc1ccccn1)C(=O)c1ccc(F)cc1. The Kier molecular flexibility index (Phi) is 4.36. The Labute approximate surface area is 111 Å². The first-order chi connectivity index (χ1) is 9.16. The van der Waals surface area contributed by atoms with Gasteiger partial charge in [0.15, 0.2) is 5.78 Å². The van der Waals surface area contributed by atoms with Crippen molar-refractivity contribution in [1.82, 2.24) is 10.3 Å². The summed E-state index contributed by atoms with van der Waals surface area (Å²) < 4.78 is 12.8. The molecule has 4 heteroatoms. The summed E-state index contributed by atoms with van der Waals surface area (Å²) in [5.41, 5.74) is 1.38. The van der Waals surface area contributed by atoms with Crippen molar-refractivity contribution in [3.63, 3.8) is 0 Å². The molecular formula is C15H15FN2O. The van der Waals surface area contributed by atoms with Crippen LogP contribution in [0.1, 0.15) is 23.0 Å². The van der Waals surface area contributed by atoms with Crippen molar-refractivity contribution >= 4 is 5.78 Å². The second kappa shape index (κ2) is 6.20. The van der Waals surface area contributed by atoms with Gasteiger partial charge < -0.3 is 5.32 Å². The fourth-order valence-electron chi connectivity index (χ4n) is 1.72. The van der Waals surface area contributed by atoms with Gasteiger partial charge >= 0.3 is 0 Å². The molecule has 0 saturated heterocycles. The van der Waals surface area contributed by atoms with Crippen LogP contribution in [0, 0.1) is 5.82 Å². The van der Waals surface area contributed by atoms with Crippen LogP contribution in [-0.4, -0.2) is 16.8 Å². The topological polar surface area (TPSA) is 42.0 Å². The zero-order valence-electron chi connectivity index (χ0n) is 10.6. The number of nitrogens with zero attached hydrogens (tertiary/aromatic N) is 1. The number of benzene rings is 1. The summed E-state index contributed by atoms with van der Waals surface area (Å²) in [5.74, 6) is -0.401. The van der Waals surface area contributed by atoms with E-state index in [0.29, 0.717) is 12.1 Å². The number of pyridine rings is 1. The first kappa shape index (κ1) is 13.4. The lowest BCUT2D eigenvalue weighted by Crippen LogP contribution is -2.33. The van der Waals surface area contributed by atoms with Gasteiger partial charge in [-0.2, -0.15) is 0 Å². The van der Waals surface area contributed by atoms with E-state index in [1.807, 2.05) is 18.2 Å². The summed E-state index contributed by atoms with van der Waals surface area (Å²) in [5, 5.41) is 3.11. The zero-order chi connectivity index (χ0) is 13.7. The van der Waals surface area contributed by atoms with E-state index in [-0.39, 0.29) is 17.6 Å². The highest BCUT2D eigenvalue weighted by Gasteiger charge is 2.14. The highest BCUT2D eigenvalue weighted by atomic mass is 19.1. The molecule has 1 aromatic heterocycles. The van der Waals surface area contributed by atoms with Crippen LogP contribution in [0.3, 0.4) is 0 Å². The average molecular weight is 258 g/mol. The molecule has 0 saturated carbocycles. The summed E-state index contributed by atoms with van der Waals surface area (Å²) in [4.78, 5) is 16.2. The molecule has 0 bridgehead atoms. The van der Waals surface area contributed by atoms with E-state index in [1.165, 1.54) is 24.3 Å². The van der Waals surface area contributed by atoms with Crippen molar-refractivity contribution < 1.29 is 9.18 Å². The molecule has 0 aliphatic rings. The number of aromatic nitrogens is 1. The summed E-state index contributed by atoms with van der Waals surface area (Å²) >= 11 is 0. The molecular weight excluding hydrogens is 243 g/mol. The van der Waals surface area contributed by atoms with Crippen LogP contribution in [0.5, 0.6) is 0 Å². The predicted octanol–water partition coefficient (Wildman–Crippen LogP) is 2.58. The molecule has 2 aromatic rings. The normalized spacial score (nSPS) is 12.1. The lowest BCUT2D eigenvalue weighted by Gasteiger charge is -2.12. The minimum atomic E-state index is -0.342. The Bertz CT molecular complexity index is 540. The second-order valence-corrected chi connectivity index (χ2v) is 4.29. The molecule has 98 valence electrons. The van der Waals surface area contributed by atoms with E-state index < -0.39 is 0 Å². The van der Waals surface area contributed by atoms with Gasteiger partial charge in [-0.1, -0.05) is 6.07 Å². The fraction of sp³-hybridized carbons (Fsp3) is 0.200. The van der Waals surface area contributed by atoms with Gasteiger partial charge in [0.25, 0.3) is 0 Å². The van der Waals surface area contributed by atoms with Crippen molar-refractivity contribution in [2.75, 3.05) is 0 Å². The number of carbonyl (C=O) groups excluding carboxylic acids is 1. The number of ketones is 1. The highest BCUT2D eigenvalue weighted by molar-refractivity contribution is 5.99. The number of hydrogen-bond donors (Lipinski definition) is 1. The quantitative estimate of drug-likeness (QED) is 0.838. The molecule has 19 heavy (non-hydrogen) atoms. The maximum atomic E-state index is 12.8. The molecule has 1 N–H and O–H groups in total. The molecule has 0 aliphatic heterocycles. The number of halogens is 1. The maximum absolute atomic E-state index is 12.8. The maximum Gasteiger partial charge on any atom is 0.179 e. The monoisotopic (exact) mass is 258 g/mol. The third-order valence-electron chi connectivity index (χ3n) is 2.84. The first-order valence-corrected chi connectivity index (χ1v) is 6.10. The molecule has 3 nitrogen and oxygen atoms in total. The average Bonchev–Trinajstić information content (AvgIpc) is 2.46. The van der Waals surface area contributed by atoms with Gasteiger partial charge in [0, 0.05) is 18.3 Å². The Hall–Kier alpha value is -2.07. The third kappa shape index (κ3) is 3.69. The minimum absolute atomic E-state index is 0.0593. The van der Waals surface area contributed by atoms with Gasteiger partial charge in [-0.05, 0) is 43.3 Å². The Balaban J connectivity index is 1.94. The largest absolute Gasteiger partial charge is 0.302 e. The minimum Gasteiger partial charge on any atom is -0.302 e. The zero-order valence-corrected chi connectivity index (χ0v) is 10.6. The molecule has 0 radical (unpaired) electrons. The smallest absolute Gasteiger partial charge is 0.179 e. The summed E-state index contributed by atoms with van der Waals surface area (Å²) in [6.45, 7) is 2.31. The van der Waals surface area contributed by atoms with E-state index in [0.717, 1.165) is 5.69 Å². The van der Waals surface area contributed by atoms with Crippen LogP contribution in [0.25, 0.3) is 0 Å². The van der Waals surface area contributed by atoms with Crippen LogP contribution in [0.15, 0.2) is 48.7 Å². The van der Waals surface area contributed by atoms with Gasteiger partial charge in [0.2, 0.25) is 0 Å². The van der Waals surface area contributed by atoms with Crippen LogP contribution < -0.4 is 5.32 Å². The van der Waals surface area contributed by atoms with E-state index in [2.05, 4.69) is 10.3 Å². The molecule has 0 aliphatic carbocycles. The standard InChI is InChI=1S/C15H15FN2O/c1-11(18-10-14-4-2-3-9-17-14)15(19)12-5-7-13(16)8-6-12/h2-9,11,18H,10H2,1H3. The van der Waals surface area contributed by atoms with Crippen molar-refractivity contribution in [2.45, 2.75) is 19.5 Å². The van der Waals surface area contributed by atoms with Gasteiger partial charge in [0.1, 0.15) is 5.82 Å². The highest BCUT2D eigenvalue weighted by Crippen LogP contribution is 2.06. The van der Waals surface area contributed by atoms with Crippen LogP contribution in [0.4, 0.5) is 4.39 Å². The van der Waals surface area contributed by atoms with Crippen molar-refractivity contribution in [3.05, 3.63) is 65.7 Å². The van der Waals surface area contributed by atoms with Gasteiger partial charge in [-0.25, -0.2) is 4.39 Å². The number of hydrogen-bond acceptors (Lipinski definition) is 3. The molecule has 2 rings (SSSR count). The lowest BCUT2D eigenvalue weighted by atomic mass is 10.1. The predicted molar refractivity (Wildman–Crippen MR) is 71.3 cm³/mol. The Morgan fingerprint density at radius 1 is 1.26 bits per heavy atom. The Morgan fingerprint density at radius 3 is 2.63 bits per heavy atom. The van der Waals surface area contributed by atoms with E-state index in [9.17, 15) is 9.18 Å². The summed E-state index contributed by atoms with van der Waals surface area (Å²) in [6, 6.07) is 10.9. The summed E-state index contributed by atoms with van der Waals surface area (Å²) in [6.07, 6.45) is 1.71. The molecule has 1 unspecified atom stereocenters. The first-order valence-electron chi connectivity index (χ1n) is 6.10. The molecule has 1 heterocycles. The van der Waals surface area contributed by atoms with Crippen LogP contribution in [-0.2, 0) is 6.54 Å². The van der Waals surface area contributed by atoms with Crippen LogP contribution >= 0.6 is 0 Å². The van der Waals surface area contributed by atoms with Gasteiger partial charge in [0.05, 0.1) is 11.7 Å². The number of nitrogens with one attached hydrogen (secondary N) is 1. The van der Waals surface area contributed by atoms with Crippen molar-refractivity contribution in [3.8, 4) is 0 Å². The number of rotatable bonds is 5. The van der Waals surface area contributed by atoms with Crippen LogP contribution in [0.2, 0.25) is 0 Å². The van der Waals surface area contributed by atoms with E-state index in [1.54, 1.807) is 13.1 Å². The lowest BCUT2D eigenvalue weighted by molar-refractivity contribution is 0.0950. The van der Waals surface area contributed by atoms with Gasteiger partial charge in [-0.3, -0.25) is 9.78 Å². The second-order valence-electron chi connectivity index (χ2n) is 4.29. The van der Waals surface area contributed by atoms with Gasteiger partial charge in [-0.15, -0.1) is 0 Å². The molecule has 1 atom stereocenters. The summed E-state index contributed by atoms with van der Waals surface area (Å²) in [7, 11) is 0. The van der Waals surface area contributed by atoms with Crippen molar-refractivity contribution in [2.24, 2.45) is 0 Å². The Morgan fingerprint density at radius 2 is 2.00 bits per heavy atom.